The van der Waals surface area contributed by atoms with Gasteiger partial charge in [-0.3, -0.25) is 4.55 Å². The zero-order valence-electron chi connectivity index (χ0n) is 25.6. The smallest absolute Gasteiger partial charge is 0.862 e. The third-order valence-corrected chi connectivity index (χ3v) is 7.56. The Morgan fingerprint density at radius 2 is 1.31 bits per heavy atom. The fourth-order valence-electron chi connectivity index (χ4n) is 4.53. The molecule has 0 heterocycles. The largest absolute Gasteiger partial charge is 1.00 e. The van der Waals surface area contributed by atoms with Gasteiger partial charge in [-0.1, -0.05) is 82.9 Å². The predicted molar refractivity (Wildman–Crippen MR) is 165 cm³/mol. The van der Waals surface area contributed by atoms with Gasteiger partial charge in [0.2, 0.25) is 0 Å². The number of hydrogen-bond donors (Lipinski definition) is 1. The third kappa shape index (κ3) is 20.2. The van der Waals surface area contributed by atoms with Gasteiger partial charge in [-0.2, -0.15) is 18.6 Å². The first kappa shape index (κ1) is 38.2. The Hall–Kier alpha value is -1.78. The van der Waals surface area contributed by atoms with E-state index in [9.17, 15) is 13.5 Å². The number of unbranched alkanes of at least 4 members (excludes halogenated alkanes) is 10. The summed E-state index contributed by atoms with van der Waals surface area (Å²) in [6, 6.07) is 17.5. The van der Waals surface area contributed by atoms with Crippen LogP contribution in [0.3, 0.4) is 0 Å². The molecule has 0 aliphatic heterocycles. The Bertz CT molecular complexity index is 1110. The van der Waals surface area contributed by atoms with Gasteiger partial charge in [-0.05, 0) is 80.8 Å². The van der Waals surface area contributed by atoms with Crippen molar-refractivity contribution in [1.82, 2.24) is 0 Å². The molecule has 1 unspecified atom stereocenters. The molecule has 0 aliphatic carbocycles. The SMILES string of the molecule is CCCCCCCCC(CCCCCCCCC([O-])=NCCS(=O)(=O)O)Oc1ccc(N=Nc2ccccc2)cc1.[Na+]. The van der Waals surface area contributed by atoms with Crippen LogP contribution < -0.4 is 39.4 Å². The van der Waals surface area contributed by atoms with Gasteiger partial charge in [-0.15, -0.1) is 0 Å². The summed E-state index contributed by atoms with van der Waals surface area (Å²) >= 11 is 0. The normalized spacial score (nSPS) is 12.8. The number of nitrogens with zero attached hydrogens (tertiary/aromatic N) is 3. The van der Waals surface area contributed by atoms with Gasteiger partial charge in [0.25, 0.3) is 10.1 Å². The van der Waals surface area contributed by atoms with Gasteiger partial charge in [0.15, 0.2) is 0 Å². The van der Waals surface area contributed by atoms with Crippen molar-refractivity contribution in [1.29, 1.82) is 0 Å². The number of azo groups is 1. The van der Waals surface area contributed by atoms with Crippen LogP contribution in [0.4, 0.5) is 11.4 Å². The Morgan fingerprint density at radius 3 is 1.88 bits per heavy atom. The molecule has 0 spiro atoms. The molecule has 42 heavy (non-hydrogen) atoms. The van der Waals surface area contributed by atoms with Crippen molar-refractivity contribution in [3.63, 3.8) is 0 Å². The zero-order chi connectivity index (χ0) is 29.6. The Kier molecular flexibility index (Phi) is 21.5. The summed E-state index contributed by atoms with van der Waals surface area (Å²) in [7, 11) is -4.07. The summed E-state index contributed by atoms with van der Waals surface area (Å²) in [6.45, 7) is 2.06. The fraction of sp³-hybridized carbons (Fsp3) is 0.594. The maximum Gasteiger partial charge on any atom is 1.00 e. The van der Waals surface area contributed by atoms with Crippen molar-refractivity contribution in [2.45, 2.75) is 109 Å². The van der Waals surface area contributed by atoms with E-state index < -0.39 is 15.9 Å². The van der Waals surface area contributed by atoms with Crippen LogP contribution in [-0.2, 0) is 10.1 Å². The third-order valence-electron chi connectivity index (χ3n) is 6.86. The molecular formula is C32H48N3NaO5S. The van der Waals surface area contributed by atoms with Crippen LogP contribution in [0.1, 0.15) is 103 Å². The minimum atomic E-state index is -4.07. The zero-order valence-corrected chi connectivity index (χ0v) is 28.4. The Morgan fingerprint density at radius 1 is 0.786 bits per heavy atom. The molecule has 1 N–H and O–H groups in total. The van der Waals surface area contributed by atoms with Crippen LogP contribution in [0.5, 0.6) is 5.75 Å². The second-order valence-electron chi connectivity index (χ2n) is 10.5. The average Bonchev–Trinajstić information content (AvgIpc) is 2.95. The van der Waals surface area contributed by atoms with E-state index in [-0.39, 0.29) is 48.1 Å². The molecule has 2 aromatic carbocycles. The summed E-state index contributed by atoms with van der Waals surface area (Å²) in [5, 5.41) is 20.3. The van der Waals surface area contributed by atoms with E-state index in [2.05, 4.69) is 22.1 Å². The van der Waals surface area contributed by atoms with E-state index >= 15 is 0 Å². The van der Waals surface area contributed by atoms with Gasteiger partial charge in [-0.25, -0.2) is 0 Å². The molecule has 0 bridgehead atoms. The van der Waals surface area contributed by atoms with Crippen molar-refractivity contribution in [3.05, 3.63) is 54.6 Å². The molecule has 2 aromatic rings. The molecule has 228 valence electrons. The van der Waals surface area contributed by atoms with Crippen LogP contribution >= 0.6 is 0 Å². The summed E-state index contributed by atoms with van der Waals surface area (Å²) in [5.74, 6) is 0.0657. The average molecular weight is 610 g/mol. The van der Waals surface area contributed by atoms with Gasteiger partial charge in [0.05, 0.1) is 29.8 Å². The van der Waals surface area contributed by atoms with E-state index in [1.54, 1.807) is 0 Å². The number of hydrogen-bond acceptors (Lipinski definition) is 7. The summed E-state index contributed by atoms with van der Waals surface area (Å²) in [5.41, 5.74) is 1.62. The molecule has 0 saturated heterocycles. The minimum absolute atomic E-state index is 0. The summed E-state index contributed by atoms with van der Waals surface area (Å²) in [4.78, 5) is 3.68. The molecule has 2 rings (SSSR count). The van der Waals surface area contributed by atoms with Crippen LogP contribution in [0.25, 0.3) is 0 Å². The molecule has 8 nitrogen and oxygen atoms in total. The minimum Gasteiger partial charge on any atom is -0.862 e. The summed E-state index contributed by atoms with van der Waals surface area (Å²) in [6.07, 6.45) is 16.3. The van der Waals surface area contributed by atoms with E-state index in [4.69, 9.17) is 9.29 Å². The van der Waals surface area contributed by atoms with Crippen LogP contribution in [-0.4, -0.2) is 37.3 Å². The second kappa shape index (κ2) is 23.6. The fourth-order valence-corrected chi connectivity index (χ4v) is 4.85. The topological polar surface area (TPSA) is 124 Å². The quantitative estimate of drug-likeness (QED) is 0.0453. The molecule has 0 saturated carbocycles. The van der Waals surface area contributed by atoms with Crippen LogP contribution in [0, 0.1) is 0 Å². The van der Waals surface area contributed by atoms with E-state index in [0.717, 1.165) is 68.5 Å². The summed E-state index contributed by atoms with van der Waals surface area (Å²) < 4.78 is 36.5. The monoisotopic (exact) mass is 609 g/mol. The standard InChI is InChI=1S/C32H49N3O5S.Na/c1-2-3-4-5-8-14-19-30(20-15-9-6-7-10-16-21-32(36)33-26-27-41(37,38)39)40-31-24-22-29(23-25-31)35-34-28-17-12-11-13-18-28;/h11-13,17-18,22-25,30H,2-10,14-16,19-21,26-27H2,1H3,(H,33,36)(H,37,38,39);/q;+1/p-1. The van der Waals surface area contributed by atoms with E-state index in [0.29, 0.717) is 6.42 Å². The molecule has 0 amide bonds. The maximum atomic E-state index is 11.7. The Labute approximate surface area is 275 Å². The van der Waals surface area contributed by atoms with Crippen molar-refractivity contribution >= 4 is 27.4 Å². The van der Waals surface area contributed by atoms with Gasteiger partial charge < -0.3 is 14.8 Å². The first-order valence-electron chi connectivity index (χ1n) is 15.2. The molecule has 1 atom stereocenters. The Balaban J connectivity index is 0.00000882. The molecule has 0 fully saturated rings. The van der Waals surface area contributed by atoms with Crippen molar-refractivity contribution in [3.8, 4) is 5.75 Å². The number of benzene rings is 2. The molecule has 0 aromatic heterocycles. The van der Waals surface area contributed by atoms with Crippen LogP contribution in [0.2, 0.25) is 0 Å². The van der Waals surface area contributed by atoms with Crippen molar-refractivity contribution in [2.75, 3.05) is 12.3 Å². The molecular weight excluding hydrogens is 561 g/mol. The first-order valence-corrected chi connectivity index (χ1v) is 16.9. The van der Waals surface area contributed by atoms with E-state index in [1.807, 2.05) is 54.6 Å². The van der Waals surface area contributed by atoms with E-state index in [1.165, 1.54) is 38.5 Å². The number of rotatable bonds is 23. The van der Waals surface area contributed by atoms with Gasteiger partial charge in [0.1, 0.15) is 5.75 Å². The molecule has 10 heteroatoms. The van der Waals surface area contributed by atoms with Gasteiger partial charge >= 0.3 is 29.6 Å². The van der Waals surface area contributed by atoms with Crippen LogP contribution in [0.15, 0.2) is 69.8 Å². The number of aliphatic imine (C=N–C) groups is 1. The second-order valence-corrected chi connectivity index (χ2v) is 12.1. The van der Waals surface area contributed by atoms with Crippen molar-refractivity contribution in [2.24, 2.45) is 15.2 Å². The van der Waals surface area contributed by atoms with Gasteiger partial charge in [0, 0.05) is 0 Å². The maximum absolute atomic E-state index is 11.7. The first-order chi connectivity index (χ1) is 19.9. The van der Waals surface area contributed by atoms with Crippen molar-refractivity contribution < 1.29 is 52.4 Å². The predicted octanol–water partition coefficient (Wildman–Crippen LogP) is 5.37. The molecule has 0 radical (unpaired) electrons. The number of ether oxygens (including phenoxy) is 1. The molecule has 0 aliphatic rings.